The van der Waals surface area contributed by atoms with E-state index in [0.29, 0.717) is 0 Å². The minimum atomic E-state index is -0.899. The van der Waals surface area contributed by atoms with Gasteiger partial charge in [-0.3, -0.25) is 9.59 Å². The second-order valence-electron chi connectivity index (χ2n) is 11.4. The van der Waals surface area contributed by atoms with Crippen LogP contribution in [0.2, 0.25) is 0 Å². The Morgan fingerprint density at radius 3 is 2.22 bits per heavy atom. The molecule has 3 amide bonds. The van der Waals surface area contributed by atoms with E-state index < -0.39 is 23.8 Å². The van der Waals surface area contributed by atoms with Gasteiger partial charge in [-0.2, -0.15) is 0 Å². The topological polar surface area (TPSA) is 87.7 Å². The Morgan fingerprint density at radius 2 is 1.68 bits per heavy atom. The van der Waals surface area contributed by atoms with E-state index >= 15 is 0 Å². The van der Waals surface area contributed by atoms with Crippen molar-refractivity contribution >= 4 is 17.9 Å². The number of alkyl carbamates (subject to hydrolysis) is 1. The highest BCUT2D eigenvalue weighted by Crippen LogP contribution is 2.41. The van der Waals surface area contributed by atoms with Crippen molar-refractivity contribution < 1.29 is 19.1 Å². The van der Waals surface area contributed by atoms with Crippen LogP contribution in [0.4, 0.5) is 4.79 Å². The quantitative estimate of drug-likeness (QED) is 0.504. The van der Waals surface area contributed by atoms with Crippen LogP contribution < -0.4 is 10.6 Å². The van der Waals surface area contributed by atoms with Gasteiger partial charge < -0.3 is 20.3 Å². The highest BCUT2D eigenvalue weighted by Gasteiger charge is 2.48. The van der Waals surface area contributed by atoms with Crippen molar-refractivity contribution in [2.24, 2.45) is 5.92 Å². The van der Waals surface area contributed by atoms with Crippen molar-refractivity contribution in [3.63, 3.8) is 0 Å². The number of carbonyl (C=O) groups excluding carboxylic acids is 3. The summed E-state index contributed by atoms with van der Waals surface area (Å²) < 4.78 is 5.49. The number of hydrogen-bond acceptors (Lipinski definition) is 4. The maximum absolute atomic E-state index is 14.3. The van der Waals surface area contributed by atoms with Gasteiger partial charge in [0.15, 0.2) is 0 Å². The van der Waals surface area contributed by atoms with Gasteiger partial charge in [-0.1, -0.05) is 67.1 Å². The molecule has 1 aliphatic rings. The minimum absolute atomic E-state index is 0.0895. The zero-order valence-electron chi connectivity index (χ0n) is 23.1. The molecular weight excluding hydrogens is 466 g/mol. The molecule has 3 rings (SSSR count). The average Bonchev–Trinajstić information content (AvgIpc) is 3.51. The van der Waals surface area contributed by atoms with Crippen LogP contribution in [-0.2, 0) is 20.7 Å². The van der Waals surface area contributed by atoms with Crippen LogP contribution in [0.3, 0.4) is 0 Å². The Hall–Kier alpha value is -3.35. The molecule has 0 aliphatic heterocycles. The zero-order chi connectivity index (χ0) is 27.3. The fraction of sp³-hybridized carbons (Fsp3) is 0.500. The van der Waals surface area contributed by atoms with Crippen molar-refractivity contribution in [3.05, 3.63) is 71.3 Å². The Bertz CT molecular complexity index is 1090. The number of carbonyl (C=O) groups is 3. The third-order valence-electron chi connectivity index (χ3n) is 6.27. The first-order valence-electron chi connectivity index (χ1n) is 13.1. The zero-order valence-corrected chi connectivity index (χ0v) is 23.1. The summed E-state index contributed by atoms with van der Waals surface area (Å²) in [5.74, 6) is -0.278. The fourth-order valence-corrected chi connectivity index (χ4v) is 4.49. The number of rotatable bonds is 9. The van der Waals surface area contributed by atoms with E-state index in [-0.39, 0.29) is 36.2 Å². The molecule has 200 valence electrons. The molecule has 2 N–H and O–H groups in total. The van der Waals surface area contributed by atoms with Gasteiger partial charge in [0.05, 0.1) is 0 Å². The molecule has 0 radical (unpaired) electrons. The molecular formula is C30H41N3O4. The number of benzene rings is 2. The van der Waals surface area contributed by atoms with E-state index in [4.69, 9.17) is 4.74 Å². The average molecular weight is 508 g/mol. The monoisotopic (exact) mass is 507 g/mol. The van der Waals surface area contributed by atoms with E-state index in [1.54, 1.807) is 25.7 Å². The van der Waals surface area contributed by atoms with Crippen LogP contribution in [0.5, 0.6) is 0 Å². The summed E-state index contributed by atoms with van der Waals surface area (Å²) in [4.78, 5) is 42.5. The Kier molecular flexibility index (Phi) is 9.00. The highest BCUT2D eigenvalue weighted by molar-refractivity contribution is 5.93. The van der Waals surface area contributed by atoms with Crippen LogP contribution in [0.1, 0.15) is 70.7 Å². The Morgan fingerprint density at radius 1 is 1.03 bits per heavy atom. The van der Waals surface area contributed by atoms with Crippen LogP contribution in [-0.4, -0.2) is 46.5 Å². The SMILES string of the molecule is Cc1cccc(C(C(=O)NC(C)C)N(C(=O)C(Cc2ccccc2)NC(=O)OC(C)(C)C)C2CC2C)c1. The van der Waals surface area contributed by atoms with E-state index in [2.05, 4.69) is 17.6 Å². The largest absolute Gasteiger partial charge is 0.444 e. The Labute approximate surface area is 221 Å². The van der Waals surface area contributed by atoms with Gasteiger partial charge in [0.25, 0.3) is 0 Å². The van der Waals surface area contributed by atoms with Crippen LogP contribution in [0.25, 0.3) is 0 Å². The molecule has 0 spiro atoms. The second kappa shape index (κ2) is 11.8. The Balaban J connectivity index is 2.03. The first kappa shape index (κ1) is 28.2. The number of aryl methyl sites for hydroxylation is 1. The summed E-state index contributed by atoms with van der Waals surface area (Å²) >= 11 is 0. The lowest BCUT2D eigenvalue weighted by atomic mass is 9.98. The fourth-order valence-electron chi connectivity index (χ4n) is 4.49. The number of ether oxygens (including phenoxy) is 1. The maximum Gasteiger partial charge on any atom is 0.408 e. The molecule has 0 saturated heterocycles. The van der Waals surface area contributed by atoms with Gasteiger partial charge in [0.1, 0.15) is 17.7 Å². The van der Waals surface area contributed by atoms with Gasteiger partial charge in [-0.15, -0.1) is 0 Å². The summed E-state index contributed by atoms with van der Waals surface area (Å²) in [6.07, 6.45) is 0.417. The molecule has 7 nitrogen and oxygen atoms in total. The van der Waals surface area contributed by atoms with Crippen molar-refractivity contribution in [2.75, 3.05) is 0 Å². The summed E-state index contributed by atoms with van der Waals surface area (Å²) in [7, 11) is 0. The molecule has 0 aromatic heterocycles. The first-order chi connectivity index (χ1) is 17.4. The van der Waals surface area contributed by atoms with Crippen molar-refractivity contribution in [3.8, 4) is 0 Å². The summed E-state index contributed by atoms with van der Waals surface area (Å²) in [6.45, 7) is 13.2. The smallest absolute Gasteiger partial charge is 0.408 e. The standard InChI is InChI=1S/C30H41N3O4/c1-19(2)31-27(34)26(23-15-11-12-20(3)16-23)33(25-17-21(25)4)28(35)24(18-22-13-9-8-10-14-22)32-29(36)37-30(5,6)7/h8-16,19,21,24-26H,17-18H2,1-7H3,(H,31,34)(H,32,36). The molecule has 37 heavy (non-hydrogen) atoms. The third-order valence-corrected chi connectivity index (χ3v) is 6.27. The lowest BCUT2D eigenvalue weighted by molar-refractivity contribution is -0.143. The van der Waals surface area contributed by atoms with E-state index in [1.807, 2.05) is 75.4 Å². The summed E-state index contributed by atoms with van der Waals surface area (Å²) in [5.41, 5.74) is 1.95. The molecule has 1 saturated carbocycles. The molecule has 2 aromatic rings. The van der Waals surface area contributed by atoms with E-state index in [0.717, 1.165) is 23.1 Å². The molecule has 0 heterocycles. The summed E-state index contributed by atoms with van der Waals surface area (Å²) in [6, 6.07) is 15.3. The van der Waals surface area contributed by atoms with Gasteiger partial charge in [-0.25, -0.2) is 4.79 Å². The van der Waals surface area contributed by atoms with Gasteiger partial charge >= 0.3 is 6.09 Å². The molecule has 4 unspecified atom stereocenters. The molecule has 4 atom stereocenters. The van der Waals surface area contributed by atoms with E-state index in [9.17, 15) is 14.4 Å². The number of hydrogen-bond donors (Lipinski definition) is 2. The normalized spacial score (nSPS) is 18.5. The molecule has 2 aromatic carbocycles. The van der Waals surface area contributed by atoms with Crippen molar-refractivity contribution in [1.29, 1.82) is 0 Å². The molecule has 1 fully saturated rings. The highest BCUT2D eigenvalue weighted by atomic mass is 16.6. The minimum Gasteiger partial charge on any atom is -0.444 e. The van der Waals surface area contributed by atoms with E-state index in [1.165, 1.54) is 0 Å². The molecule has 0 bridgehead atoms. The van der Waals surface area contributed by atoms with Crippen LogP contribution in [0, 0.1) is 12.8 Å². The lowest BCUT2D eigenvalue weighted by Gasteiger charge is -2.35. The van der Waals surface area contributed by atoms with Crippen LogP contribution in [0.15, 0.2) is 54.6 Å². The van der Waals surface area contributed by atoms with Crippen LogP contribution >= 0.6 is 0 Å². The third kappa shape index (κ3) is 8.07. The summed E-state index contributed by atoms with van der Waals surface area (Å²) in [5, 5.41) is 5.82. The van der Waals surface area contributed by atoms with Crippen molar-refractivity contribution in [2.45, 2.75) is 91.1 Å². The van der Waals surface area contributed by atoms with Gasteiger partial charge in [-0.05, 0) is 65.0 Å². The predicted molar refractivity (Wildman–Crippen MR) is 145 cm³/mol. The first-order valence-corrected chi connectivity index (χ1v) is 13.1. The maximum atomic E-state index is 14.3. The second-order valence-corrected chi connectivity index (χ2v) is 11.4. The lowest BCUT2D eigenvalue weighted by Crippen LogP contribution is -2.55. The number of nitrogens with one attached hydrogen (secondary N) is 2. The van der Waals surface area contributed by atoms with Crippen molar-refractivity contribution in [1.82, 2.24) is 15.5 Å². The molecule has 7 heteroatoms. The predicted octanol–water partition coefficient (Wildman–Crippen LogP) is 4.93. The number of amides is 3. The van der Waals surface area contributed by atoms with Gasteiger partial charge in [0, 0.05) is 18.5 Å². The number of nitrogens with zero attached hydrogens (tertiary/aromatic N) is 1. The molecule has 1 aliphatic carbocycles. The van der Waals surface area contributed by atoms with Gasteiger partial charge in [0.2, 0.25) is 11.8 Å².